The lowest BCUT2D eigenvalue weighted by Crippen LogP contribution is -2.27. The monoisotopic (exact) mass is 221 g/mol. The summed E-state index contributed by atoms with van der Waals surface area (Å²) in [5.41, 5.74) is 6.78. The van der Waals surface area contributed by atoms with Crippen molar-refractivity contribution in [1.82, 2.24) is 9.97 Å². The summed E-state index contributed by atoms with van der Waals surface area (Å²) in [7, 11) is 0. The number of hydrogen-bond donors (Lipinski definition) is 2. The fourth-order valence-electron chi connectivity index (χ4n) is 2.31. The van der Waals surface area contributed by atoms with Crippen LogP contribution in [-0.4, -0.2) is 21.8 Å². The van der Waals surface area contributed by atoms with E-state index in [2.05, 4.69) is 9.97 Å². The van der Waals surface area contributed by atoms with Crippen molar-refractivity contribution >= 4 is 5.78 Å². The Balaban J connectivity index is 1.88. The van der Waals surface area contributed by atoms with Crippen molar-refractivity contribution < 1.29 is 4.79 Å². The molecule has 1 aliphatic carbocycles. The minimum absolute atomic E-state index is 0.133. The summed E-state index contributed by atoms with van der Waals surface area (Å²) in [5, 5.41) is 0. The van der Waals surface area contributed by atoms with Gasteiger partial charge in [0.15, 0.2) is 11.6 Å². The van der Waals surface area contributed by atoms with Crippen LogP contribution in [0.25, 0.3) is 0 Å². The first-order valence-corrected chi connectivity index (χ1v) is 5.95. The number of hydrogen-bond acceptors (Lipinski definition) is 3. The van der Waals surface area contributed by atoms with E-state index in [9.17, 15) is 4.79 Å². The summed E-state index contributed by atoms with van der Waals surface area (Å²) in [5.74, 6) is 1.14. The number of nitrogens with two attached hydrogens (primary N) is 1. The fourth-order valence-corrected chi connectivity index (χ4v) is 2.31. The number of carbonyl (C=O) groups excluding carboxylic acids is 1. The molecule has 0 amide bonds. The van der Waals surface area contributed by atoms with Gasteiger partial charge in [-0.15, -0.1) is 0 Å². The number of nitrogens with one attached hydrogen (secondary N) is 1. The second kappa shape index (κ2) is 4.78. The van der Waals surface area contributed by atoms with E-state index in [4.69, 9.17) is 5.73 Å². The van der Waals surface area contributed by atoms with Gasteiger partial charge in [-0.1, -0.05) is 0 Å². The molecule has 3 N–H and O–H groups in total. The van der Waals surface area contributed by atoms with Gasteiger partial charge in [0, 0.05) is 24.4 Å². The Bertz CT molecular complexity index is 364. The summed E-state index contributed by atoms with van der Waals surface area (Å²) in [6.07, 6.45) is 6.56. The molecule has 88 valence electrons. The molecule has 0 bridgehead atoms. The van der Waals surface area contributed by atoms with Gasteiger partial charge in [0.2, 0.25) is 0 Å². The predicted octanol–water partition coefficient (Wildman–Crippen LogP) is 1.81. The molecule has 1 fully saturated rings. The van der Waals surface area contributed by atoms with Crippen LogP contribution in [0.3, 0.4) is 0 Å². The fraction of sp³-hybridized carbons (Fsp3) is 0.667. The summed E-state index contributed by atoms with van der Waals surface area (Å²) in [4.78, 5) is 18.9. The van der Waals surface area contributed by atoms with E-state index in [1.54, 1.807) is 6.20 Å². The lowest BCUT2D eigenvalue weighted by Gasteiger charge is -2.25. The normalized spacial score (nSPS) is 25.6. The number of nitrogens with zero attached hydrogens (tertiary/aromatic N) is 1. The average molecular weight is 221 g/mol. The maximum atomic E-state index is 11.9. The molecular formula is C12H19N3O. The standard InChI is InChI=1S/C12H19N3O/c1-8-7-14-12(15-8)11(16)6-9-2-4-10(13)5-3-9/h7,9-10H,2-6,13H2,1H3,(H,14,15). The van der Waals surface area contributed by atoms with Crippen LogP contribution < -0.4 is 5.73 Å². The SMILES string of the molecule is Cc1cnc(C(=O)CC2CCC(N)CC2)[nH]1. The summed E-state index contributed by atoms with van der Waals surface area (Å²) in [6, 6.07) is 0.345. The molecule has 1 heterocycles. The molecule has 0 unspecified atom stereocenters. The molecule has 2 rings (SSSR count). The second-order valence-electron chi connectivity index (χ2n) is 4.82. The zero-order valence-corrected chi connectivity index (χ0v) is 9.70. The first-order valence-electron chi connectivity index (χ1n) is 5.95. The van der Waals surface area contributed by atoms with Crippen LogP contribution in [0.4, 0.5) is 0 Å². The van der Waals surface area contributed by atoms with Gasteiger partial charge in [0.1, 0.15) is 0 Å². The van der Waals surface area contributed by atoms with Crippen molar-refractivity contribution in [3.8, 4) is 0 Å². The number of aromatic amines is 1. The molecule has 1 aliphatic rings. The van der Waals surface area contributed by atoms with E-state index in [1.165, 1.54) is 0 Å². The molecule has 0 radical (unpaired) electrons. The second-order valence-corrected chi connectivity index (χ2v) is 4.82. The molecule has 4 heteroatoms. The van der Waals surface area contributed by atoms with Gasteiger partial charge in [-0.3, -0.25) is 4.79 Å². The first-order chi connectivity index (χ1) is 7.65. The van der Waals surface area contributed by atoms with Crippen molar-refractivity contribution in [3.63, 3.8) is 0 Å². The third-order valence-corrected chi connectivity index (χ3v) is 3.33. The largest absolute Gasteiger partial charge is 0.340 e. The maximum absolute atomic E-state index is 11.9. The highest BCUT2D eigenvalue weighted by atomic mass is 16.1. The highest BCUT2D eigenvalue weighted by Gasteiger charge is 2.22. The third kappa shape index (κ3) is 2.70. The summed E-state index contributed by atoms with van der Waals surface area (Å²) in [6.45, 7) is 1.91. The van der Waals surface area contributed by atoms with Crippen molar-refractivity contribution in [2.45, 2.75) is 45.1 Å². The van der Waals surface area contributed by atoms with Gasteiger partial charge < -0.3 is 10.7 Å². The minimum atomic E-state index is 0.133. The maximum Gasteiger partial charge on any atom is 0.198 e. The number of Topliss-reactive ketones (excluding diaryl/α,β-unsaturated/α-hetero) is 1. The van der Waals surface area contributed by atoms with Crippen molar-refractivity contribution in [2.75, 3.05) is 0 Å². The van der Waals surface area contributed by atoms with E-state index in [0.717, 1.165) is 31.4 Å². The molecule has 16 heavy (non-hydrogen) atoms. The Morgan fingerprint density at radius 1 is 1.50 bits per heavy atom. The van der Waals surface area contributed by atoms with Gasteiger partial charge >= 0.3 is 0 Å². The average Bonchev–Trinajstić information content (AvgIpc) is 2.68. The minimum Gasteiger partial charge on any atom is -0.340 e. The van der Waals surface area contributed by atoms with E-state index < -0.39 is 0 Å². The Labute approximate surface area is 95.6 Å². The molecule has 0 saturated heterocycles. The lowest BCUT2D eigenvalue weighted by molar-refractivity contribution is 0.0938. The zero-order chi connectivity index (χ0) is 11.5. The Morgan fingerprint density at radius 2 is 2.19 bits per heavy atom. The molecule has 0 spiro atoms. The van der Waals surface area contributed by atoms with Crippen LogP contribution in [0.2, 0.25) is 0 Å². The van der Waals surface area contributed by atoms with E-state index >= 15 is 0 Å². The molecule has 4 nitrogen and oxygen atoms in total. The summed E-state index contributed by atoms with van der Waals surface area (Å²) >= 11 is 0. The number of rotatable bonds is 3. The van der Waals surface area contributed by atoms with Crippen LogP contribution in [-0.2, 0) is 0 Å². The number of carbonyl (C=O) groups is 1. The highest BCUT2D eigenvalue weighted by molar-refractivity contribution is 5.92. The highest BCUT2D eigenvalue weighted by Crippen LogP contribution is 2.26. The molecule has 0 atom stereocenters. The van der Waals surface area contributed by atoms with Gasteiger partial charge in [-0.25, -0.2) is 4.98 Å². The smallest absolute Gasteiger partial charge is 0.198 e. The molecule has 0 aliphatic heterocycles. The van der Waals surface area contributed by atoms with E-state index in [0.29, 0.717) is 24.2 Å². The van der Waals surface area contributed by atoms with Gasteiger partial charge in [0.25, 0.3) is 0 Å². The number of aryl methyl sites for hydroxylation is 1. The molecule has 1 saturated carbocycles. The van der Waals surface area contributed by atoms with Crippen molar-refractivity contribution in [1.29, 1.82) is 0 Å². The molecule has 0 aromatic carbocycles. The van der Waals surface area contributed by atoms with E-state index in [1.807, 2.05) is 6.92 Å². The molecular weight excluding hydrogens is 202 g/mol. The Hall–Kier alpha value is -1.16. The van der Waals surface area contributed by atoms with Crippen LogP contribution in [0.15, 0.2) is 6.20 Å². The van der Waals surface area contributed by atoms with Gasteiger partial charge in [0.05, 0.1) is 0 Å². The van der Waals surface area contributed by atoms with Gasteiger partial charge in [-0.2, -0.15) is 0 Å². The first kappa shape index (κ1) is 11.3. The van der Waals surface area contributed by atoms with Crippen molar-refractivity contribution in [2.24, 2.45) is 11.7 Å². The topological polar surface area (TPSA) is 71.8 Å². The third-order valence-electron chi connectivity index (χ3n) is 3.33. The Morgan fingerprint density at radius 3 is 2.75 bits per heavy atom. The van der Waals surface area contributed by atoms with Crippen molar-refractivity contribution in [3.05, 3.63) is 17.7 Å². The quantitative estimate of drug-likeness (QED) is 0.764. The number of aromatic nitrogens is 2. The van der Waals surface area contributed by atoms with Crippen LogP contribution >= 0.6 is 0 Å². The number of ketones is 1. The number of H-pyrrole nitrogens is 1. The van der Waals surface area contributed by atoms with Gasteiger partial charge in [-0.05, 0) is 38.5 Å². The predicted molar refractivity (Wildman–Crippen MR) is 62.2 cm³/mol. The van der Waals surface area contributed by atoms with Crippen LogP contribution in [0.5, 0.6) is 0 Å². The molecule has 1 aromatic heterocycles. The van der Waals surface area contributed by atoms with E-state index in [-0.39, 0.29) is 5.78 Å². The Kier molecular flexibility index (Phi) is 3.39. The van der Waals surface area contributed by atoms with Crippen LogP contribution in [0.1, 0.15) is 48.4 Å². The number of imidazole rings is 1. The zero-order valence-electron chi connectivity index (χ0n) is 9.70. The molecule has 1 aromatic rings. The summed E-state index contributed by atoms with van der Waals surface area (Å²) < 4.78 is 0. The lowest BCUT2D eigenvalue weighted by atomic mass is 9.83. The van der Waals surface area contributed by atoms with Crippen LogP contribution in [0, 0.1) is 12.8 Å².